The highest BCUT2D eigenvalue weighted by Crippen LogP contribution is 2.11. The molecule has 0 heterocycles. The number of alkyl halides is 1. The zero-order valence-electron chi connectivity index (χ0n) is 5.18. The molecule has 0 saturated heterocycles. The molecule has 0 fully saturated rings. The Morgan fingerprint density at radius 1 is 1.78 bits per heavy atom. The average molecular weight is 127 g/mol. The molecule has 1 unspecified atom stereocenters. The van der Waals surface area contributed by atoms with E-state index in [2.05, 4.69) is 0 Å². The Hall–Kier alpha value is -0.630. The van der Waals surface area contributed by atoms with Crippen molar-refractivity contribution in [3.8, 4) is 0 Å². The molecule has 1 nitrogen and oxygen atoms in total. The fraction of sp³-hybridized carbons (Fsp3) is 0.429. The van der Waals surface area contributed by atoms with Crippen molar-refractivity contribution in [2.24, 2.45) is 5.73 Å². The molecule has 0 saturated carbocycles. The van der Waals surface area contributed by atoms with Gasteiger partial charge in [0, 0.05) is 13.0 Å². The number of rotatable bonds is 1. The van der Waals surface area contributed by atoms with Crippen LogP contribution in [0.15, 0.2) is 23.8 Å². The lowest BCUT2D eigenvalue weighted by atomic mass is 10.1. The van der Waals surface area contributed by atoms with Crippen LogP contribution in [0, 0.1) is 0 Å². The molecule has 0 aliphatic heterocycles. The van der Waals surface area contributed by atoms with Crippen molar-refractivity contribution < 1.29 is 4.39 Å². The molecular weight excluding hydrogens is 117 g/mol. The second-order valence-corrected chi connectivity index (χ2v) is 2.10. The van der Waals surface area contributed by atoms with Gasteiger partial charge in [-0.2, -0.15) is 0 Å². The van der Waals surface area contributed by atoms with Gasteiger partial charge in [0.25, 0.3) is 0 Å². The summed E-state index contributed by atoms with van der Waals surface area (Å²) < 4.78 is 12.4. The zero-order chi connectivity index (χ0) is 6.69. The lowest BCUT2D eigenvalue weighted by Crippen LogP contribution is -2.07. The first-order chi connectivity index (χ1) is 4.33. The third kappa shape index (κ3) is 1.64. The van der Waals surface area contributed by atoms with Gasteiger partial charge in [0.2, 0.25) is 0 Å². The predicted molar refractivity (Wildman–Crippen MR) is 35.8 cm³/mol. The molecular formula is C7H10FN. The van der Waals surface area contributed by atoms with E-state index in [4.69, 9.17) is 5.73 Å². The van der Waals surface area contributed by atoms with Gasteiger partial charge in [-0.1, -0.05) is 12.2 Å². The highest BCUT2D eigenvalue weighted by molar-refractivity contribution is 5.25. The number of nitrogens with two attached hydrogens (primary N) is 1. The minimum absolute atomic E-state index is 0.441. The lowest BCUT2D eigenvalue weighted by molar-refractivity contribution is 0.399. The summed E-state index contributed by atoms with van der Waals surface area (Å²) in [7, 11) is 0. The summed E-state index contributed by atoms with van der Waals surface area (Å²) in [5, 5.41) is 0. The van der Waals surface area contributed by atoms with Crippen LogP contribution in [0.2, 0.25) is 0 Å². The number of hydrogen-bond donors (Lipinski definition) is 1. The molecule has 9 heavy (non-hydrogen) atoms. The highest BCUT2D eigenvalue weighted by atomic mass is 19.1. The Bertz CT molecular complexity index is 149. The highest BCUT2D eigenvalue weighted by Gasteiger charge is 2.04. The molecule has 0 aromatic carbocycles. The third-order valence-corrected chi connectivity index (χ3v) is 1.32. The SMILES string of the molecule is NCC1=CC(F)CC=C1. The van der Waals surface area contributed by atoms with Crippen LogP contribution in [0.3, 0.4) is 0 Å². The van der Waals surface area contributed by atoms with Crippen molar-refractivity contribution >= 4 is 0 Å². The second-order valence-electron chi connectivity index (χ2n) is 2.10. The van der Waals surface area contributed by atoms with E-state index in [0.29, 0.717) is 13.0 Å². The van der Waals surface area contributed by atoms with Crippen LogP contribution in [-0.4, -0.2) is 12.7 Å². The summed E-state index contributed by atoms with van der Waals surface area (Å²) in [6, 6.07) is 0. The number of allylic oxidation sites excluding steroid dienone is 2. The van der Waals surface area contributed by atoms with Crippen LogP contribution in [-0.2, 0) is 0 Å². The standard InChI is InChI=1S/C7H10FN/c8-7-3-1-2-6(4-7)5-9/h1-2,4,7H,3,5,9H2. The van der Waals surface area contributed by atoms with Gasteiger partial charge in [-0.25, -0.2) is 4.39 Å². The van der Waals surface area contributed by atoms with Crippen LogP contribution >= 0.6 is 0 Å². The van der Waals surface area contributed by atoms with Crippen LogP contribution < -0.4 is 5.73 Å². The molecule has 0 aromatic heterocycles. The quantitative estimate of drug-likeness (QED) is 0.562. The molecule has 50 valence electrons. The second kappa shape index (κ2) is 2.78. The third-order valence-electron chi connectivity index (χ3n) is 1.32. The van der Waals surface area contributed by atoms with E-state index in [1.165, 1.54) is 0 Å². The molecule has 1 aliphatic carbocycles. The first-order valence-corrected chi connectivity index (χ1v) is 3.04. The predicted octanol–water partition coefficient (Wildman–Crippen LogP) is 1.17. The van der Waals surface area contributed by atoms with Crippen molar-refractivity contribution in [2.75, 3.05) is 6.54 Å². The van der Waals surface area contributed by atoms with E-state index in [1.807, 2.05) is 12.2 Å². The van der Waals surface area contributed by atoms with E-state index >= 15 is 0 Å². The van der Waals surface area contributed by atoms with Crippen molar-refractivity contribution in [1.29, 1.82) is 0 Å². The molecule has 1 aliphatic rings. The smallest absolute Gasteiger partial charge is 0.122 e. The summed E-state index contributed by atoms with van der Waals surface area (Å²) in [4.78, 5) is 0. The topological polar surface area (TPSA) is 26.0 Å². The van der Waals surface area contributed by atoms with E-state index in [0.717, 1.165) is 5.57 Å². The molecule has 0 aromatic rings. The largest absolute Gasteiger partial charge is 0.327 e. The van der Waals surface area contributed by atoms with Gasteiger partial charge in [0.15, 0.2) is 0 Å². The fourth-order valence-electron chi connectivity index (χ4n) is 0.841. The zero-order valence-corrected chi connectivity index (χ0v) is 5.18. The number of hydrogen-bond acceptors (Lipinski definition) is 1. The van der Waals surface area contributed by atoms with Gasteiger partial charge >= 0.3 is 0 Å². The molecule has 1 rings (SSSR count). The molecule has 2 heteroatoms. The summed E-state index contributed by atoms with van der Waals surface area (Å²) in [6.45, 7) is 0.441. The Morgan fingerprint density at radius 2 is 2.56 bits per heavy atom. The molecule has 0 radical (unpaired) electrons. The van der Waals surface area contributed by atoms with Gasteiger partial charge in [-0.05, 0) is 11.6 Å². The normalized spacial score (nSPS) is 26.0. The van der Waals surface area contributed by atoms with Crippen molar-refractivity contribution in [1.82, 2.24) is 0 Å². The Balaban J connectivity index is 2.59. The maximum atomic E-state index is 12.4. The molecule has 0 bridgehead atoms. The Morgan fingerprint density at radius 3 is 3.00 bits per heavy atom. The van der Waals surface area contributed by atoms with Gasteiger partial charge < -0.3 is 5.73 Å². The van der Waals surface area contributed by atoms with Crippen LogP contribution in [0.25, 0.3) is 0 Å². The van der Waals surface area contributed by atoms with E-state index in [-0.39, 0.29) is 0 Å². The van der Waals surface area contributed by atoms with Gasteiger partial charge in [0.1, 0.15) is 6.17 Å². The number of halogens is 1. The summed E-state index contributed by atoms with van der Waals surface area (Å²) >= 11 is 0. The van der Waals surface area contributed by atoms with Crippen molar-refractivity contribution in [3.63, 3.8) is 0 Å². The van der Waals surface area contributed by atoms with Crippen LogP contribution in [0.5, 0.6) is 0 Å². The van der Waals surface area contributed by atoms with Gasteiger partial charge in [-0.15, -0.1) is 0 Å². The van der Waals surface area contributed by atoms with E-state index < -0.39 is 6.17 Å². The maximum Gasteiger partial charge on any atom is 0.122 e. The Kier molecular flexibility index (Phi) is 2.01. The molecule has 0 spiro atoms. The monoisotopic (exact) mass is 127 g/mol. The molecule has 2 N–H and O–H groups in total. The van der Waals surface area contributed by atoms with Crippen LogP contribution in [0.4, 0.5) is 4.39 Å². The van der Waals surface area contributed by atoms with Gasteiger partial charge in [0.05, 0.1) is 0 Å². The summed E-state index contributed by atoms with van der Waals surface area (Å²) in [5.41, 5.74) is 6.18. The lowest BCUT2D eigenvalue weighted by Gasteiger charge is -2.06. The summed E-state index contributed by atoms with van der Waals surface area (Å²) in [5.74, 6) is 0. The fourth-order valence-corrected chi connectivity index (χ4v) is 0.841. The first kappa shape index (κ1) is 6.49. The Labute approximate surface area is 54.0 Å². The van der Waals surface area contributed by atoms with Crippen molar-refractivity contribution in [2.45, 2.75) is 12.6 Å². The first-order valence-electron chi connectivity index (χ1n) is 3.04. The molecule has 1 atom stereocenters. The van der Waals surface area contributed by atoms with Gasteiger partial charge in [-0.3, -0.25) is 0 Å². The van der Waals surface area contributed by atoms with E-state index in [1.54, 1.807) is 6.08 Å². The minimum atomic E-state index is -0.812. The van der Waals surface area contributed by atoms with Crippen LogP contribution in [0.1, 0.15) is 6.42 Å². The van der Waals surface area contributed by atoms with E-state index in [9.17, 15) is 4.39 Å². The maximum absolute atomic E-state index is 12.4. The van der Waals surface area contributed by atoms with Crippen molar-refractivity contribution in [3.05, 3.63) is 23.8 Å². The average Bonchev–Trinajstić information content (AvgIpc) is 1.88. The minimum Gasteiger partial charge on any atom is -0.327 e. The summed E-state index contributed by atoms with van der Waals surface area (Å²) in [6.07, 6.45) is 4.94. The molecule has 0 amide bonds.